The smallest absolute Gasteiger partial charge is 0.107 e. The highest BCUT2D eigenvalue weighted by atomic mass is 32.1. The van der Waals surface area contributed by atoms with Crippen molar-refractivity contribution in [3.05, 3.63) is 18.0 Å². The molecule has 1 atom stereocenters. The van der Waals surface area contributed by atoms with Crippen molar-refractivity contribution in [2.24, 2.45) is 5.73 Å². The van der Waals surface area contributed by atoms with Gasteiger partial charge in [-0.25, -0.2) is 0 Å². The number of rotatable bonds is 3. The monoisotopic (exact) mass is 211 g/mol. The molecule has 1 unspecified atom stereocenters. The predicted molar refractivity (Wildman–Crippen MR) is 57.1 cm³/mol. The van der Waals surface area contributed by atoms with E-state index in [1.807, 2.05) is 10.9 Å². The Hall–Kier alpha value is -0.940. The van der Waals surface area contributed by atoms with Gasteiger partial charge in [0.1, 0.15) is 4.99 Å². The van der Waals surface area contributed by atoms with Gasteiger partial charge in [0.15, 0.2) is 0 Å². The fourth-order valence-corrected chi connectivity index (χ4v) is 1.69. The van der Waals surface area contributed by atoms with E-state index in [4.69, 9.17) is 22.7 Å². The highest BCUT2D eigenvalue weighted by Gasteiger charge is 2.16. The van der Waals surface area contributed by atoms with E-state index in [1.165, 1.54) is 0 Å². The van der Waals surface area contributed by atoms with E-state index in [9.17, 15) is 0 Å². The third-order valence-electron chi connectivity index (χ3n) is 2.33. The van der Waals surface area contributed by atoms with Gasteiger partial charge < -0.3 is 10.5 Å². The van der Waals surface area contributed by atoms with Crippen LogP contribution in [0.25, 0.3) is 0 Å². The first-order valence-corrected chi connectivity index (χ1v) is 5.10. The van der Waals surface area contributed by atoms with Crippen molar-refractivity contribution >= 4 is 17.2 Å². The van der Waals surface area contributed by atoms with Gasteiger partial charge >= 0.3 is 0 Å². The fourth-order valence-electron chi connectivity index (χ4n) is 1.59. The molecule has 1 aliphatic rings. The molecule has 1 aromatic rings. The zero-order valence-electron chi connectivity index (χ0n) is 7.85. The lowest BCUT2D eigenvalue weighted by atomic mass is 10.2. The summed E-state index contributed by atoms with van der Waals surface area (Å²) in [6.45, 7) is 1.66. The number of thiocarbonyl (C=S) groups is 1. The summed E-state index contributed by atoms with van der Waals surface area (Å²) in [5.74, 6) is 0. The third-order valence-corrected chi connectivity index (χ3v) is 2.57. The Bertz CT molecular complexity index is 331. The van der Waals surface area contributed by atoms with E-state index in [-0.39, 0.29) is 0 Å². The molecule has 0 radical (unpaired) electrons. The summed E-state index contributed by atoms with van der Waals surface area (Å²) in [6, 6.07) is 0. The molecule has 4 nitrogen and oxygen atoms in total. The Labute approximate surface area is 88.0 Å². The Morgan fingerprint density at radius 1 is 1.79 bits per heavy atom. The minimum absolute atomic E-state index is 0.300. The second kappa shape index (κ2) is 4.06. The fraction of sp³-hybridized carbons (Fsp3) is 0.556. The summed E-state index contributed by atoms with van der Waals surface area (Å²) in [4.78, 5) is 0.392. The second-order valence-corrected chi connectivity index (χ2v) is 3.89. The number of hydrogen-bond donors (Lipinski definition) is 1. The van der Waals surface area contributed by atoms with Crippen LogP contribution in [0.15, 0.2) is 12.4 Å². The summed E-state index contributed by atoms with van der Waals surface area (Å²) in [6.07, 6.45) is 6.12. The maximum absolute atomic E-state index is 5.50. The lowest BCUT2D eigenvalue weighted by molar-refractivity contribution is 0.0940. The predicted octanol–water partition coefficient (Wildman–Crippen LogP) is 0.696. The first-order valence-electron chi connectivity index (χ1n) is 4.69. The van der Waals surface area contributed by atoms with Crippen molar-refractivity contribution in [2.45, 2.75) is 25.5 Å². The zero-order valence-corrected chi connectivity index (χ0v) is 8.67. The van der Waals surface area contributed by atoms with Crippen molar-refractivity contribution in [1.82, 2.24) is 9.78 Å². The minimum atomic E-state index is 0.300. The van der Waals surface area contributed by atoms with E-state index in [2.05, 4.69) is 5.10 Å². The van der Waals surface area contributed by atoms with Crippen LogP contribution in [0.4, 0.5) is 0 Å². The molecular formula is C9H13N3OS. The van der Waals surface area contributed by atoms with Crippen LogP contribution in [0.2, 0.25) is 0 Å². The molecule has 0 aromatic carbocycles. The summed E-state index contributed by atoms with van der Waals surface area (Å²) in [5.41, 5.74) is 6.30. The highest BCUT2D eigenvalue weighted by molar-refractivity contribution is 7.80. The average molecular weight is 211 g/mol. The minimum Gasteiger partial charge on any atom is -0.389 e. The van der Waals surface area contributed by atoms with Gasteiger partial charge in [0.05, 0.1) is 18.8 Å². The van der Waals surface area contributed by atoms with Crippen molar-refractivity contribution in [3.8, 4) is 0 Å². The van der Waals surface area contributed by atoms with Crippen LogP contribution in [0.3, 0.4) is 0 Å². The Morgan fingerprint density at radius 3 is 3.21 bits per heavy atom. The topological polar surface area (TPSA) is 53.1 Å². The molecule has 1 fully saturated rings. The molecule has 2 rings (SSSR count). The van der Waals surface area contributed by atoms with Gasteiger partial charge in [-0.05, 0) is 12.8 Å². The first-order chi connectivity index (χ1) is 6.75. The summed E-state index contributed by atoms with van der Waals surface area (Å²) in [5, 5.41) is 4.17. The van der Waals surface area contributed by atoms with E-state index < -0.39 is 0 Å². The van der Waals surface area contributed by atoms with Gasteiger partial charge in [-0.2, -0.15) is 5.10 Å². The van der Waals surface area contributed by atoms with E-state index in [0.29, 0.717) is 11.1 Å². The summed E-state index contributed by atoms with van der Waals surface area (Å²) in [7, 11) is 0. The molecule has 5 heteroatoms. The number of nitrogens with two attached hydrogens (primary N) is 1. The van der Waals surface area contributed by atoms with Crippen LogP contribution < -0.4 is 5.73 Å². The van der Waals surface area contributed by atoms with Crippen molar-refractivity contribution < 1.29 is 4.74 Å². The molecule has 1 saturated heterocycles. The number of ether oxygens (including phenoxy) is 1. The van der Waals surface area contributed by atoms with Crippen molar-refractivity contribution in [1.29, 1.82) is 0 Å². The van der Waals surface area contributed by atoms with E-state index >= 15 is 0 Å². The standard InChI is InChI=1S/C9H13N3OS/c10-9(14)7-4-11-12(5-7)6-8-2-1-3-13-8/h4-5,8H,1-3,6H2,(H2,10,14). The molecule has 1 aliphatic heterocycles. The Balaban J connectivity index is 1.98. The summed E-state index contributed by atoms with van der Waals surface area (Å²) < 4.78 is 7.34. The number of nitrogens with zero attached hydrogens (tertiary/aromatic N) is 2. The molecule has 2 N–H and O–H groups in total. The molecule has 76 valence electrons. The first kappa shape index (κ1) is 9.61. The molecule has 0 spiro atoms. The van der Waals surface area contributed by atoms with Crippen LogP contribution in [0, 0.1) is 0 Å². The van der Waals surface area contributed by atoms with Crippen molar-refractivity contribution in [2.75, 3.05) is 6.61 Å². The van der Waals surface area contributed by atoms with Gasteiger partial charge in [0.2, 0.25) is 0 Å². The van der Waals surface area contributed by atoms with Gasteiger partial charge in [-0.15, -0.1) is 0 Å². The normalized spacial score (nSPS) is 21.3. The van der Waals surface area contributed by atoms with Crippen molar-refractivity contribution in [3.63, 3.8) is 0 Å². The van der Waals surface area contributed by atoms with Crippen LogP contribution in [0.5, 0.6) is 0 Å². The lowest BCUT2D eigenvalue weighted by Crippen LogP contribution is -2.15. The highest BCUT2D eigenvalue weighted by Crippen LogP contribution is 2.13. The quantitative estimate of drug-likeness (QED) is 0.748. The second-order valence-electron chi connectivity index (χ2n) is 3.45. The average Bonchev–Trinajstić information content (AvgIpc) is 2.75. The number of aromatic nitrogens is 2. The van der Waals surface area contributed by atoms with E-state index in [0.717, 1.165) is 31.6 Å². The van der Waals surface area contributed by atoms with Gasteiger partial charge in [0, 0.05) is 18.4 Å². The molecule has 2 heterocycles. The Morgan fingerprint density at radius 2 is 2.64 bits per heavy atom. The molecule has 14 heavy (non-hydrogen) atoms. The molecule has 0 amide bonds. The molecule has 1 aromatic heterocycles. The number of hydrogen-bond acceptors (Lipinski definition) is 3. The molecular weight excluding hydrogens is 198 g/mol. The lowest BCUT2D eigenvalue weighted by Gasteiger charge is -2.08. The summed E-state index contributed by atoms with van der Waals surface area (Å²) >= 11 is 4.85. The van der Waals surface area contributed by atoms with Gasteiger partial charge in [-0.3, -0.25) is 4.68 Å². The maximum Gasteiger partial charge on any atom is 0.107 e. The largest absolute Gasteiger partial charge is 0.389 e. The van der Waals surface area contributed by atoms with Gasteiger partial charge in [-0.1, -0.05) is 12.2 Å². The SMILES string of the molecule is NC(=S)c1cnn(CC2CCCO2)c1. The zero-order chi connectivity index (χ0) is 9.97. The van der Waals surface area contributed by atoms with E-state index in [1.54, 1.807) is 6.20 Å². The Kier molecular flexibility index (Phi) is 2.79. The van der Waals surface area contributed by atoms with Gasteiger partial charge in [0.25, 0.3) is 0 Å². The molecule has 0 saturated carbocycles. The van der Waals surface area contributed by atoms with Crippen LogP contribution in [-0.4, -0.2) is 27.5 Å². The maximum atomic E-state index is 5.50. The van der Waals surface area contributed by atoms with Crippen LogP contribution in [-0.2, 0) is 11.3 Å². The van der Waals surface area contributed by atoms with Crippen LogP contribution >= 0.6 is 12.2 Å². The third kappa shape index (κ3) is 2.10. The molecule has 0 aliphatic carbocycles. The molecule has 0 bridgehead atoms. The van der Waals surface area contributed by atoms with Crippen LogP contribution in [0.1, 0.15) is 18.4 Å².